The first-order valence-corrected chi connectivity index (χ1v) is 9.87. The lowest BCUT2D eigenvalue weighted by atomic mass is 9.85. The fourth-order valence-corrected chi connectivity index (χ4v) is 3.76. The number of pyridine rings is 2. The Bertz CT molecular complexity index is 931. The maximum atomic E-state index is 5.95. The van der Waals surface area contributed by atoms with Gasteiger partial charge in [-0.3, -0.25) is 4.98 Å². The zero-order valence-corrected chi connectivity index (χ0v) is 17.3. The Morgan fingerprint density at radius 3 is 2.64 bits per heavy atom. The van der Waals surface area contributed by atoms with E-state index in [9.17, 15) is 0 Å². The van der Waals surface area contributed by atoms with Crippen molar-refractivity contribution in [1.29, 1.82) is 0 Å². The first kappa shape index (κ1) is 20.1. The number of ether oxygens (including phenoxy) is 2. The number of nitrogens with one attached hydrogen (secondary N) is 1. The molecule has 0 bridgehead atoms. The summed E-state index contributed by atoms with van der Waals surface area (Å²) < 4.78 is 11.5. The molecule has 0 amide bonds. The van der Waals surface area contributed by atoms with Crippen molar-refractivity contribution in [1.82, 2.24) is 15.3 Å². The maximum Gasteiger partial charge on any atom is 0.257 e. The Morgan fingerprint density at radius 1 is 1.18 bits per heavy atom. The second kappa shape index (κ2) is 8.57. The van der Waals surface area contributed by atoms with Gasteiger partial charge in [0.05, 0.1) is 18.2 Å². The Morgan fingerprint density at radius 2 is 1.93 bits per heavy atom. The third-order valence-corrected chi connectivity index (χ3v) is 4.88. The summed E-state index contributed by atoms with van der Waals surface area (Å²) in [5.74, 6) is 1.16. The summed E-state index contributed by atoms with van der Waals surface area (Å²) in [5, 5.41) is 4.57. The van der Waals surface area contributed by atoms with Crippen molar-refractivity contribution >= 4 is 10.9 Å². The number of benzene rings is 1. The predicted molar refractivity (Wildman–Crippen MR) is 114 cm³/mol. The summed E-state index contributed by atoms with van der Waals surface area (Å²) in [5.41, 5.74) is 3.03. The number of nitrogens with zero attached hydrogens (tertiary/aromatic N) is 2. The van der Waals surface area contributed by atoms with E-state index in [0.29, 0.717) is 24.3 Å². The van der Waals surface area contributed by atoms with Crippen molar-refractivity contribution in [3.8, 4) is 22.8 Å². The third-order valence-electron chi connectivity index (χ3n) is 4.88. The Hall–Kier alpha value is -2.66. The zero-order chi connectivity index (χ0) is 20.1. The standard InChI is InChI=1S/C21H23N3O2.C2H6/c1-14-11-21(2,24-14)13-26-20-19(25-3)10-15(12-23-20)16-8-9-22-18-7-5-4-6-17(16)18;1-2/h4-10,12,14,24H,11,13H2,1-3H3;1-2H3/t14?,21-;/m0./s1. The molecule has 2 aromatic heterocycles. The van der Waals surface area contributed by atoms with Crippen molar-refractivity contribution < 1.29 is 9.47 Å². The normalized spacial score (nSPS) is 20.7. The van der Waals surface area contributed by atoms with Crippen LogP contribution in [-0.4, -0.2) is 35.3 Å². The molecule has 1 unspecified atom stereocenters. The fraction of sp³-hybridized carbons (Fsp3) is 0.391. The van der Waals surface area contributed by atoms with E-state index < -0.39 is 0 Å². The van der Waals surface area contributed by atoms with Crippen LogP contribution in [0.2, 0.25) is 0 Å². The average Bonchev–Trinajstić information content (AvgIpc) is 2.72. The second-order valence-electron chi connectivity index (χ2n) is 7.21. The highest BCUT2D eigenvalue weighted by Crippen LogP contribution is 2.34. The SMILES string of the molecule is CC.COc1cc(-c2ccnc3ccccc23)cnc1OC[C@]1(C)CC(C)N1. The first-order chi connectivity index (χ1) is 13.6. The number of fused-ring (bicyclic) bond motifs is 1. The van der Waals surface area contributed by atoms with Crippen molar-refractivity contribution in [2.75, 3.05) is 13.7 Å². The average molecular weight is 380 g/mol. The van der Waals surface area contributed by atoms with Gasteiger partial charge in [-0.05, 0) is 44.0 Å². The van der Waals surface area contributed by atoms with Crippen LogP contribution in [0.15, 0.2) is 48.8 Å². The minimum absolute atomic E-state index is 0.00603. The minimum atomic E-state index is 0.00603. The molecule has 5 heteroatoms. The quantitative estimate of drug-likeness (QED) is 0.687. The van der Waals surface area contributed by atoms with E-state index >= 15 is 0 Å². The number of hydrogen-bond acceptors (Lipinski definition) is 5. The summed E-state index contributed by atoms with van der Waals surface area (Å²) in [6.45, 7) is 8.91. The molecule has 1 aromatic carbocycles. The molecule has 1 fully saturated rings. The summed E-state index contributed by atoms with van der Waals surface area (Å²) >= 11 is 0. The Labute approximate surface area is 167 Å². The van der Waals surface area contributed by atoms with E-state index in [1.807, 2.05) is 56.6 Å². The van der Waals surface area contributed by atoms with Crippen molar-refractivity contribution in [3.63, 3.8) is 0 Å². The topological polar surface area (TPSA) is 56.3 Å². The van der Waals surface area contributed by atoms with Gasteiger partial charge in [0.15, 0.2) is 5.75 Å². The maximum absolute atomic E-state index is 5.95. The Kier molecular flexibility index (Phi) is 6.15. The number of aromatic nitrogens is 2. The minimum Gasteiger partial charge on any atom is -0.491 e. The second-order valence-corrected chi connectivity index (χ2v) is 7.21. The van der Waals surface area contributed by atoms with Crippen molar-refractivity contribution in [2.24, 2.45) is 0 Å². The summed E-state index contributed by atoms with van der Waals surface area (Å²) in [7, 11) is 1.64. The number of rotatable bonds is 5. The third kappa shape index (κ3) is 4.09. The molecule has 28 heavy (non-hydrogen) atoms. The molecule has 1 aliphatic heterocycles. The lowest BCUT2D eigenvalue weighted by Gasteiger charge is -2.44. The van der Waals surface area contributed by atoms with Gasteiger partial charge in [-0.2, -0.15) is 0 Å². The molecule has 0 radical (unpaired) electrons. The van der Waals surface area contributed by atoms with Gasteiger partial charge in [0.25, 0.3) is 5.88 Å². The predicted octanol–water partition coefficient (Wildman–Crippen LogP) is 4.85. The highest BCUT2D eigenvalue weighted by atomic mass is 16.5. The molecule has 3 aromatic rings. The molecule has 3 heterocycles. The largest absolute Gasteiger partial charge is 0.491 e. The lowest BCUT2D eigenvalue weighted by molar-refractivity contribution is 0.0907. The molecule has 0 spiro atoms. The van der Waals surface area contributed by atoms with Crippen LogP contribution in [0.4, 0.5) is 0 Å². The summed E-state index contributed by atoms with van der Waals surface area (Å²) in [6.07, 6.45) is 4.74. The van der Waals surface area contributed by atoms with Crippen LogP contribution < -0.4 is 14.8 Å². The molecule has 5 nitrogen and oxygen atoms in total. The van der Waals surface area contributed by atoms with Crippen LogP contribution in [0.25, 0.3) is 22.0 Å². The molecule has 2 atom stereocenters. The lowest BCUT2D eigenvalue weighted by Crippen LogP contribution is -2.63. The van der Waals surface area contributed by atoms with Gasteiger partial charge in [-0.25, -0.2) is 4.98 Å². The van der Waals surface area contributed by atoms with Crippen molar-refractivity contribution in [3.05, 3.63) is 48.8 Å². The molecule has 4 rings (SSSR count). The van der Waals surface area contributed by atoms with Crippen molar-refractivity contribution in [2.45, 2.75) is 45.7 Å². The molecule has 0 aliphatic carbocycles. The molecule has 1 saturated heterocycles. The van der Waals surface area contributed by atoms with Gasteiger partial charge < -0.3 is 14.8 Å². The Balaban J connectivity index is 0.00000109. The van der Waals surface area contributed by atoms with E-state index in [-0.39, 0.29) is 5.54 Å². The fourth-order valence-electron chi connectivity index (χ4n) is 3.76. The van der Waals surface area contributed by atoms with Crippen LogP contribution >= 0.6 is 0 Å². The zero-order valence-electron chi connectivity index (χ0n) is 17.3. The van der Waals surface area contributed by atoms with E-state index in [2.05, 4.69) is 35.2 Å². The highest BCUT2D eigenvalue weighted by molar-refractivity contribution is 5.94. The summed E-state index contributed by atoms with van der Waals surface area (Å²) in [6, 6.07) is 12.6. The van der Waals surface area contributed by atoms with Crippen LogP contribution in [0.1, 0.15) is 34.1 Å². The number of hydrogen-bond donors (Lipinski definition) is 1. The smallest absolute Gasteiger partial charge is 0.257 e. The van der Waals surface area contributed by atoms with Crippen LogP contribution in [-0.2, 0) is 0 Å². The summed E-state index contributed by atoms with van der Waals surface area (Å²) in [4.78, 5) is 8.94. The number of para-hydroxylation sites is 1. The van der Waals surface area contributed by atoms with Gasteiger partial charge in [0, 0.05) is 29.4 Å². The van der Waals surface area contributed by atoms with Gasteiger partial charge in [-0.1, -0.05) is 32.0 Å². The van der Waals surface area contributed by atoms with Gasteiger partial charge in [0.2, 0.25) is 0 Å². The first-order valence-electron chi connectivity index (χ1n) is 9.87. The van der Waals surface area contributed by atoms with Crippen LogP contribution in [0.5, 0.6) is 11.6 Å². The van der Waals surface area contributed by atoms with Crippen LogP contribution in [0, 0.1) is 0 Å². The van der Waals surface area contributed by atoms with Gasteiger partial charge in [0.1, 0.15) is 6.61 Å². The monoisotopic (exact) mass is 379 g/mol. The van der Waals surface area contributed by atoms with E-state index in [4.69, 9.17) is 9.47 Å². The molecular weight excluding hydrogens is 350 g/mol. The highest BCUT2D eigenvalue weighted by Gasteiger charge is 2.37. The molecule has 0 saturated carbocycles. The molecule has 148 valence electrons. The molecule has 1 N–H and O–H groups in total. The van der Waals surface area contributed by atoms with E-state index in [1.165, 1.54) is 0 Å². The molecular formula is C23H29N3O2. The van der Waals surface area contributed by atoms with Gasteiger partial charge >= 0.3 is 0 Å². The van der Waals surface area contributed by atoms with Crippen LogP contribution in [0.3, 0.4) is 0 Å². The molecule has 1 aliphatic rings. The van der Waals surface area contributed by atoms with E-state index in [1.54, 1.807) is 7.11 Å². The van der Waals surface area contributed by atoms with E-state index in [0.717, 1.165) is 28.5 Å². The number of methoxy groups -OCH3 is 1. The van der Waals surface area contributed by atoms with Gasteiger partial charge in [-0.15, -0.1) is 0 Å².